The first kappa shape index (κ1) is 39.0. The van der Waals surface area contributed by atoms with Gasteiger partial charge in [-0.1, -0.05) is 36.0 Å². The lowest BCUT2D eigenvalue weighted by Gasteiger charge is -2.21. The van der Waals surface area contributed by atoms with E-state index >= 15 is 0 Å². The number of nitrogens with zero attached hydrogens (tertiary/aromatic N) is 3. The summed E-state index contributed by atoms with van der Waals surface area (Å²) in [5.41, 5.74) is 5.90. The number of unbranched alkanes of at least 4 members (excludes halogenated alkanes) is 2. The number of nitrogens with two attached hydrogens (primary N) is 1. The van der Waals surface area contributed by atoms with Crippen LogP contribution in [0.2, 0.25) is 0 Å². The summed E-state index contributed by atoms with van der Waals surface area (Å²) in [5, 5.41) is 2.69. The van der Waals surface area contributed by atoms with Crippen molar-refractivity contribution < 1.29 is 53.7 Å². The van der Waals surface area contributed by atoms with Gasteiger partial charge in [0.2, 0.25) is 11.8 Å². The molecule has 14 heteroatoms. The highest BCUT2D eigenvalue weighted by molar-refractivity contribution is 8.13. The number of aryl methyl sites for hydroxylation is 2. The molecule has 4 rings (SSSR count). The third-order valence-corrected chi connectivity index (χ3v) is 10.1. The summed E-state index contributed by atoms with van der Waals surface area (Å²) >= 11 is 1.02. The minimum Gasteiger partial charge on any atom is -1.00 e. The molecule has 258 valence electrons. The molecule has 0 radical (unpaired) electrons. The molecule has 0 fully saturated rings. The van der Waals surface area contributed by atoms with E-state index in [1.807, 2.05) is 65.8 Å². The number of rotatable bonds is 17. The van der Waals surface area contributed by atoms with E-state index in [1.165, 1.54) is 24.3 Å². The van der Waals surface area contributed by atoms with E-state index in [2.05, 4.69) is 9.88 Å². The van der Waals surface area contributed by atoms with Gasteiger partial charge in [-0.05, 0) is 49.2 Å². The molecule has 0 saturated carbocycles. The lowest BCUT2D eigenvalue weighted by molar-refractivity contribution is -0.697. The number of halogens is 1. The molecule has 0 saturated heterocycles. The standard InChI is InChI=1S/C35H37N5O6S2.BrH/c36-32(41)27-40(33(42)15-5-11-25-38-21-7-1-8-22-38)48(45,46)29-19-17-28(18-20-29)37-35(44)30-13-3-4-14-31(30)47-34(43)16-6-12-26-39-23-9-2-10-24-39;/h1-4,7-10,13-14,17-24H,5-6,11-12,15-16,25-27H2,(H-2,36,37,41,44);1H/p+1. The number of pyridine rings is 2. The predicted octanol–water partition coefficient (Wildman–Crippen LogP) is 0.880. The smallest absolute Gasteiger partial charge is 0.266 e. The summed E-state index contributed by atoms with van der Waals surface area (Å²) in [6.07, 6.45) is 10.6. The molecule has 0 aliphatic carbocycles. The molecule has 11 nitrogen and oxygen atoms in total. The van der Waals surface area contributed by atoms with Crippen LogP contribution in [0, 0.1) is 0 Å². The summed E-state index contributed by atoms with van der Waals surface area (Å²) in [7, 11) is -4.40. The first-order valence-electron chi connectivity index (χ1n) is 15.6. The van der Waals surface area contributed by atoms with Crippen LogP contribution < -0.4 is 37.2 Å². The maximum absolute atomic E-state index is 13.4. The fourth-order valence-electron chi connectivity index (χ4n) is 4.83. The lowest BCUT2D eigenvalue weighted by atomic mass is 10.2. The number of benzene rings is 2. The number of primary amides is 1. The second-order valence-electron chi connectivity index (χ2n) is 11.0. The van der Waals surface area contributed by atoms with Crippen LogP contribution in [0.4, 0.5) is 5.69 Å². The molecule has 2 heterocycles. The fraction of sp³-hybridized carbons (Fsp3) is 0.257. The Hall–Kier alpha value is -4.40. The molecular weight excluding hydrogens is 730 g/mol. The fourth-order valence-corrected chi connectivity index (χ4v) is 7.13. The monoisotopic (exact) mass is 768 g/mol. The molecule has 0 aliphatic rings. The highest BCUT2D eigenvalue weighted by atomic mass is 79.9. The van der Waals surface area contributed by atoms with E-state index in [0.29, 0.717) is 52.7 Å². The molecule has 0 aliphatic heterocycles. The summed E-state index contributed by atoms with van der Waals surface area (Å²) < 4.78 is 31.3. The van der Waals surface area contributed by atoms with Crippen molar-refractivity contribution in [3.63, 3.8) is 0 Å². The topological polar surface area (TPSA) is 151 Å². The SMILES string of the molecule is NC(=O)CN(C(=O)CCCC[n+]1ccccc1)S(=O)(=O)c1ccc(NC(=O)c2ccccc2SC(=O)CCCC[n+]2ccccc2)cc1.[Br-]. The van der Waals surface area contributed by atoms with Gasteiger partial charge in [0.15, 0.2) is 29.9 Å². The van der Waals surface area contributed by atoms with Crippen molar-refractivity contribution >= 4 is 50.3 Å². The van der Waals surface area contributed by atoms with Gasteiger partial charge in [0.25, 0.3) is 15.9 Å². The maximum Gasteiger partial charge on any atom is 0.266 e. The van der Waals surface area contributed by atoms with Crippen molar-refractivity contribution in [3.8, 4) is 0 Å². The number of nitrogens with one attached hydrogen (secondary N) is 1. The van der Waals surface area contributed by atoms with Gasteiger partial charge in [-0.3, -0.25) is 19.2 Å². The van der Waals surface area contributed by atoms with Crippen LogP contribution in [0.5, 0.6) is 0 Å². The maximum atomic E-state index is 13.4. The highest BCUT2D eigenvalue weighted by Crippen LogP contribution is 2.27. The van der Waals surface area contributed by atoms with E-state index in [1.54, 1.807) is 24.3 Å². The zero-order chi connectivity index (χ0) is 34.4. The van der Waals surface area contributed by atoms with Gasteiger partial charge in [0.05, 0.1) is 10.5 Å². The van der Waals surface area contributed by atoms with E-state index in [0.717, 1.165) is 24.7 Å². The Kier molecular flexibility index (Phi) is 15.6. The second-order valence-corrected chi connectivity index (χ2v) is 13.9. The van der Waals surface area contributed by atoms with E-state index in [9.17, 15) is 27.6 Å². The Bertz CT molecular complexity index is 1810. The predicted molar refractivity (Wildman–Crippen MR) is 181 cm³/mol. The van der Waals surface area contributed by atoms with Crippen LogP contribution >= 0.6 is 11.8 Å². The molecule has 0 spiro atoms. The summed E-state index contributed by atoms with van der Waals surface area (Å²) in [4.78, 5) is 50.9. The minimum atomic E-state index is -4.40. The summed E-state index contributed by atoms with van der Waals surface area (Å²) in [5.74, 6) is -2.17. The molecule has 0 unspecified atom stereocenters. The van der Waals surface area contributed by atoms with Gasteiger partial charge >= 0.3 is 0 Å². The Balaban J connectivity index is 0.00000650. The van der Waals surface area contributed by atoms with Gasteiger partial charge in [-0.15, -0.1) is 0 Å². The largest absolute Gasteiger partial charge is 1.00 e. The van der Waals surface area contributed by atoms with Gasteiger partial charge in [0, 0.05) is 60.5 Å². The number of amides is 3. The second kappa shape index (κ2) is 19.6. The molecule has 2 aromatic carbocycles. The Morgan fingerprint density at radius 1 is 0.714 bits per heavy atom. The van der Waals surface area contributed by atoms with Crippen LogP contribution in [0.15, 0.2) is 120 Å². The van der Waals surface area contributed by atoms with E-state index in [-0.39, 0.29) is 33.4 Å². The Labute approximate surface area is 301 Å². The van der Waals surface area contributed by atoms with Crippen LogP contribution in [-0.2, 0) is 37.5 Å². The van der Waals surface area contributed by atoms with Gasteiger partial charge in [-0.2, -0.15) is 0 Å². The van der Waals surface area contributed by atoms with Crippen molar-refractivity contribution in [2.45, 2.75) is 61.4 Å². The molecule has 3 amide bonds. The Morgan fingerprint density at radius 2 is 1.27 bits per heavy atom. The number of hydrogen-bond donors (Lipinski definition) is 2. The zero-order valence-corrected chi connectivity index (χ0v) is 30.0. The molecule has 0 atom stereocenters. The molecule has 2 aromatic heterocycles. The van der Waals surface area contributed by atoms with Gasteiger partial charge in [0.1, 0.15) is 19.6 Å². The number of thioether (sulfide) groups is 1. The van der Waals surface area contributed by atoms with E-state index < -0.39 is 34.3 Å². The van der Waals surface area contributed by atoms with Crippen LogP contribution in [0.3, 0.4) is 0 Å². The lowest BCUT2D eigenvalue weighted by Crippen LogP contribution is -3.00. The number of hydrogen-bond acceptors (Lipinski definition) is 7. The summed E-state index contributed by atoms with van der Waals surface area (Å²) in [6, 6.07) is 23.6. The average molecular weight is 770 g/mol. The molecule has 3 N–H and O–H groups in total. The number of carbonyl (C=O) groups is 4. The van der Waals surface area contributed by atoms with Crippen molar-refractivity contribution in [2.24, 2.45) is 5.73 Å². The molecule has 0 bridgehead atoms. The number of carbonyl (C=O) groups excluding carboxylic acids is 4. The number of aromatic nitrogens is 2. The third-order valence-electron chi connectivity index (χ3n) is 7.29. The van der Waals surface area contributed by atoms with E-state index in [4.69, 9.17) is 5.73 Å². The van der Waals surface area contributed by atoms with Crippen molar-refractivity contribution in [3.05, 3.63) is 115 Å². The first-order valence-corrected chi connectivity index (χ1v) is 17.8. The molecule has 4 aromatic rings. The molecule has 49 heavy (non-hydrogen) atoms. The summed E-state index contributed by atoms with van der Waals surface area (Å²) in [6.45, 7) is 0.677. The van der Waals surface area contributed by atoms with Crippen LogP contribution in [0.1, 0.15) is 48.9 Å². The van der Waals surface area contributed by atoms with Crippen LogP contribution in [-0.4, -0.2) is 42.1 Å². The molecular formula is C35H39BrN5O6S2+. The average Bonchev–Trinajstić information content (AvgIpc) is 3.08. The normalized spacial score (nSPS) is 10.9. The van der Waals surface area contributed by atoms with Crippen molar-refractivity contribution in [1.82, 2.24) is 4.31 Å². The van der Waals surface area contributed by atoms with Crippen LogP contribution in [0.25, 0.3) is 0 Å². The van der Waals surface area contributed by atoms with Crippen molar-refractivity contribution in [1.29, 1.82) is 0 Å². The third kappa shape index (κ3) is 12.2. The minimum absolute atomic E-state index is 0. The Morgan fingerprint density at radius 3 is 1.84 bits per heavy atom. The number of sulfonamides is 1. The van der Waals surface area contributed by atoms with Gasteiger partial charge < -0.3 is 28.0 Å². The highest BCUT2D eigenvalue weighted by Gasteiger charge is 2.30. The number of anilines is 1. The zero-order valence-electron chi connectivity index (χ0n) is 26.8. The quantitative estimate of drug-likeness (QED) is 0.0920. The first-order chi connectivity index (χ1) is 23.1. The van der Waals surface area contributed by atoms with Gasteiger partial charge in [-0.25, -0.2) is 21.9 Å². The van der Waals surface area contributed by atoms with Crippen molar-refractivity contribution in [2.75, 3.05) is 11.9 Å².